The lowest BCUT2D eigenvalue weighted by Gasteiger charge is -2.09. The average molecular weight is 414 g/mol. The zero-order chi connectivity index (χ0) is 18.4. The Morgan fingerprint density at radius 2 is 1.56 bits per heavy atom. The van der Waals surface area contributed by atoms with Gasteiger partial charge in [-0.2, -0.15) is 0 Å². The van der Waals surface area contributed by atoms with Gasteiger partial charge in [-0.15, -0.1) is 0 Å². The van der Waals surface area contributed by atoms with Gasteiger partial charge in [-0.3, -0.25) is 4.98 Å². The van der Waals surface area contributed by atoms with E-state index in [9.17, 15) is 0 Å². The van der Waals surface area contributed by atoms with Crippen LogP contribution in [0.25, 0.3) is 44.3 Å². The van der Waals surface area contributed by atoms with Crippen molar-refractivity contribution in [2.75, 3.05) is 0 Å². The van der Waals surface area contributed by atoms with Crippen LogP contribution in [0.4, 0.5) is 0 Å². The molecule has 2 aromatic heterocycles. The lowest BCUT2D eigenvalue weighted by molar-refractivity contribution is 0.669. The molecule has 0 aliphatic heterocycles. The van der Waals surface area contributed by atoms with Crippen molar-refractivity contribution in [3.8, 4) is 22.4 Å². The summed E-state index contributed by atoms with van der Waals surface area (Å²) in [6.07, 6.45) is 1.84. The molecule has 2 heterocycles. The topological polar surface area (TPSA) is 26.0 Å². The minimum atomic E-state index is 0.913. The summed E-state index contributed by atoms with van der Waals surface area (Å²) >= 11 is 3.67. The van der Waals surface area contributed by atoms with Crippen molar-refractivity contribution in [3.63, 3.8) is 0 Å². The Hall–Kier alpha value is -2.91. The molecule has 0 aliphatic rings. The molecule has 0 saturated carbocycles. The van der Waals surface area contributed by atoms with Gasteiger partial charge in [0.05, 0.1) is 5.69 Å². The van der Waals surface area contributed by atoms with Crippen molar-refractivity contribution in [1.29, 1.82) is 0 Å². The Labute approximate surface area is 165 Å². The van der Waals surface area contributed by atoms with Crippen LogP contribution in [0.1, 0.15) is 5.56 Å². The van der Waals surface area contributed by atoms with Crippen LogP contribution in [0.15, 0.2) is 87.9 Å². The maximum absolute atomic E-state index is 5.96. The molecule has 0 amide bonds. The van der Waals surface area contributed by atoms with Crippen molar-refractivity contribution < 1.29 is 4.42 Å². The first kappa shape index (κ1) is 16.3. The third kappa shape index (κ3) is 2.84. The first-order chi connectivity index (χ1) is 13.2. The van der Waals surface area contributed by atoms with Crippen molar-refractivity contribution >= 4 is 37.9 Å². The number of halogens is 1. The minimum Gasteiger partial charge on any atom is -0.456 e. The second-order valence-electron chi connectivity index (χ2n) is 6.71. The minimum absolute atomic E-state index is 0.913. The molecule has 3 aromatic carbocycles. The van der Waals surface area contributed by atoms with E-state index in [4.69, 9.17) is 4.42 Å². The van der Waals surface area contributed by atoms with E-state index in [0.717, 1.165) is 54.4 Å². The van der Waals surface area contributed by atoms with E-state index >= 15 is 0 Å². The Kier molecular flexibility index (Phi) is 3.83. The third-order valence-corrected chi connectivity index (χ3v) is 5.35. The molecule has 5 aromatic rings. The van der Waals surface area contributed by atoms with Crippen LogP contribution < -0.4 is 0 Å². The summed E-state index contributed by atoms with van der Waals surface area (Å²) in [6.45, 7) is 2.09. The summed E-state index contributed by atoms with van der Waals surface area (Å²) in [5.41, 5.74) is 7.42. The molecular formula is C24H16BrNO. The molecule has 0 fully saturated rings. The summed E-state index contributed by atoms with van der Waals surface area (Å²) in [4.78, 5) is 4.57. The van der Waals surface area contributed by atoms with E-state index in [0.29, 0.717) is 0 Å². The molecule has 0 saturated heterocycles. The van der Waals surface area contributed by atoms with E-state index in [2.05, 4.69) is 76.4 Å². The van der Waals surface area contributed by atoms with Gasteiger partial charge in [0.15, 0.2) is 0 Å². The zero-order valence-corrected chi connectivity index (χ0v) is 16.3. The summed E-state index contributed by atoms with van der Waals surface area (Å²) in [5, 5.41) is 2.28. The molecule has 130 valence electrons. The van der Waals surface area contributed by atoms with Gasteiger partial charge >= 0.3 is 0 Å². The summed E-state index contributed by atoms with van der Waals surface area (Å²) < 4.78 is 7.00. The average Bonchev–Trinajstić information content (AvgIpc) is 3.06. The molecule has 0 N–H and O–H groups in total. The molecule has 2 nitrogen and oxygen atoms in total. The van der Waals surface area contributed by atoms with Gasteiger partial charge in [-0.1, -0.05) is 46.3 Å². The monoisotopic (exact) mass is 413 g/mol. The second-order valence-corrected chi connectivity index (χ2v) is 7.62. The predicted octanol–water partition coefficient (Wildman–Crippen LogP) is 7.39. The largest absolute Gasteiger partial charge is 0.456 e. The highest BCUT2D eigenvalue weighted by molar-refractivity contribution is 9.10. The molecule has 5 rings (SSSR count). The predicted molar refractivity (Wildman–Crippen MR) is 115 cm³/mol. The number of furan rings is 1. The number of pyridine rings is 1. The van der Waals surface area contributed by atoms with E-state index in [-0.39, 0.29) is 0 Å². The Bertz CT molecular complexity index is 1300. The van der Waals surface area contributed by atoms with Crippen molar-refractivity contribution in [1.82, 2.24) is 4.98 Å². The lowest BCUT2D eigenvalue weighted by atomic mass is 9.98. The zero-order valence-electron chi connectivity index (χ0n) is 14.7. The Morgan fingerprint density at radius 1 is 0.741 bits per heavy atom. The molecule has 0 unspecified atom stereocenters. The van der Waals surface area contributed by atoms with Crippen LogP contribution in [-0.2, 0) is 0 Å². The molecule has 0 bridgehead atoms. The maximum Gasteiger partial charge on any atom is 0.135 e. The normalized spacial score (nSPS) is 11.3. The number of nitrogens with zero attached hydrogens (tertiary/aromatic N) is 1. The summed E-state index contributed by atoms with van der Waals surface area (Å²) in [7, 11) is 0. The van der Waals surface area contributed by atoms with E-state index in [1.54, 1.807) is 0 Å². The highest BCUT2D eigenvalue weighted by Gasteiger charge is 2.11. The molecule has 27 heavy (non-hydrogen) atoms. The fourth-order valence-corrected chi connectivity index (χ4v) is 4.08. The number of benzene rings is 3. The number of hydrogen-bond donors (Lipinski definition) is 0. The number of rotatable bonds is 2. The molecule has 0 atom stereocenters. The summed E-state index contributed by atoms with van der Waals surface area (Å²) in [6, 6.07) is 25.1. The van der Waals surface area contributed by atoms with Crippen LogP contribution in [-0.4, -0.2) is 4.98 Å². The van der Waals surface area contributed by atoms with E-state index in [1.165, 1.54) is 0 Å². The number of aromatic nitrogens is 1. The van der Waals surface area contributed by atoms with Gasteiger partial charge < -0.3 is 4.42 Å². The lowest BCUT2D eigenvalue weighted by Crippen LogP contribution is -1.89. The van der Waals surface area contributed by atoms with Gasteiger partial charge in [0.1, 0.15) is 11.2 Å². The van der Waals surface area contributed by atoms with Gasteiger partial charge in [0.25, 0.3) is 0 Å². The Balaban J connectivity index is 1.70. The smallest absolute Gasteiger partial charge is 0.135 e. The van der Waals surface area contributed by atoms with Crippen LogP contribution >= 0.6 is 15.9 Å². The number of para-hydroxylation sites is 1. The highest BCUT2D eigenvalue weighted by Crippen LogP contribution is 2.35. The SMILES string of the molecule is Cc1cccnc1-c1cc(Br)cc(-c2ccc3oc4ccccc4c3c2)c1. The van der Waals surface area contributed by atoms with Gasteiger partial charge in [0.2, 0.25) is 0 Å². The third-order valence-electron chi connectivity index (χ3n) is 4.89. The quantitative estimate of drug-likeness (QED) is 0.301. The van der Waals surface area contributed by atoms with Gasteiger partial charge in [0, 0.05) is 27.0 Å². The van der Waals surface area contributed by atoms with Gasteiger partial charge in [-0.05, 0) is 66.1 Å². The maximum atomic E-state index is 5.96. The second kappa shape index (κ2) is 6.36. The fraction of sp³-hybridized carbons (Fsp3) is 0.0417. The number of hydrogen-bond acceptors (Lipinski definition) is 2. The number of fused-ring (bicyclic) bond motifs is 3. The first-order valence-corrected chi connectivity index (χ1v) is 9.62. The molecule has 0 aliphatic carbocycles. The van der Waals surface area contributed by atoms with E-state index < -0.39 is 0 Å². The van der Waals surface area contributed by atoms with Crippen LogP contribution in [0.3, 0.4) is 0 Å². The first-order valence-electron chi connectivity index (χ1n) is 8.83. The van der Waals surface area contributed by atoms with Crippen molar-refractivity contribution in [3.05, 3.63) is 89.0 Å². The summed E-state index contributed by atoms with van der Waals surface area (Å²) in [5.74, 6) is 0. The molecule has 0 spiro atoms. The standard InChI is InChI=1S/C24H16BrNO/c1-15-5-4-10-26-24(15)18-11-17(12-19(25)13-18)16-8-9-23-21(14-16)20-6-2-3-7-22(20)27-23/h2-14H,1H3. The van der Waals surface area contributed by atoms with Crippen molar-refractivity contribution in [2.45, 2.75) is 6.92 Å². The van der Waals surface area contributed by atoms with Gasteiger partial charge in [-0.25, -0.2) is 0 Å². The fourth-order valence-electron chi connectivity index (χ4n) is 3.59. The van der Waals surface area contributed by atoms with Crippen LogP contribution in [0.5, 0.6) is 0 Å². The molecular weight excluding hydrogens is 398 g/mol. The van der Waals surface area contributed by atoms with Crippen LogP contribution in [0.2, 0.25) is 0 Å². The van der Waals surface area contributed by atoms with E-state index in [1.807, 2.05) is 30.5 Å². The number of aryl methyl sites for hydroxylation is 1. The van der Waals surface area contributed by atoms with Crippen molar-refractivity contribution in [2.24, 2.45) is 0 Å². The molecule has 3 heteroatoms. The molecule has 0 radical (unpaired) electrons. The highest BCUT2D eigenvalue weighted by atomic mass is 79.9. The Morgan fingerprint density at radius 3 is 2.44 bits per heavy atom. The van der Waals surface area contributed by atoms with Crippen LogP contribution in [0, 0.1) is 6.92 Å².